The average molecular weight is 563 g/mol. The minimum absolute atomic E-state index is 0.00780. The van der Waals surface area contributed by atoms with E-state index in [1.807, 2.05) is 28.8 Å². The number of benzene rings is 1. The third-order valence-electron chi connectivity index (χ3n) is 11.6. The van der Waals surface area contributed by atoms with Crippen molar-refractivity contribution in [3.05, 3.63) is 40.3 Å². The van der Waals surface area contributed by atoms with E-state index in [9.17, 15) is 19.8 Å². The molecule has 8 unspecified atom stereocenters. The van der Waals surface area contributed by atoms with Crippen LogP contribution >= 0.6 is 0 Å². The Morgan fingerprint density at radius 3 is 2.59 bits per heavy atom. The highest BCUT2D eigenvalue weighted by molar-refractivity contribution is 5.99. The summed E-state index contributed by atoms with van der Waals surface area (Å²) < 4.78 is 6.73. The van der Waals surface area contributed by atoms with Gasteiger partial charge in [-0.05, 0) is 62.5 Å². The molecule has 0 radical (unpaired) electrons. The van der Waals surface area contributed by atoms with Crippen molar-refractivity contribution in [2.24, 2.45) is 23.2 Å². The lowest BCUT2D eigenvalue weighted by molar-refractivity contribution is -0.246. The average Bonchev–Trinajstić information content (AvgIpc) is 3.41. The Morgan fingerprint density at radius 2 is 1.85 bits per heavy atom. The molecule has 9 nitrogen and oxygen atoms in total. The number of likely N-dealkylation sites (tertiary alicyclic amines) is 1. The smallest absolute Gasteiger partial charge is 0.311 e. The zero-order chi connectivity index (χ0) is 28.5. The molecule has 7 rings (SSSR count). The predicted molar refractivity (Wildman–Crippen MR) is 154 cm³/mol. The van der Waals surface area contributed by atoms with Gasteiger partial charge < -0.3 is 24.9 Å². The van der Waals surface area contributed by atoms with Crippen molar-refractivity contribution in [2.75, 3.05) is 13.7 Å². The van der Waals surface area contributed by atoms with Gasteiger partial charge in [0.1, 0.15) is 5.69 Å². The Bertz CT molecular complexity index is 1410. The summed E-state index contributed by atoms with van der Waals surface area (Å²) in [5.74, 6) is -0.107. The monoisotopic (exact) mass is 562 g/mol. The Kier molecular flexibility index (Phi) is 6.83. The summed E-state index contributed by atoms with van der Waals surface area (Å²) in [6, 6.07) is 9.43. The third kappa shape index (κ3) is 4.06. The standard InChI is InChI=1S/C32H42N4O5/c1-41-31(40)21(25(38)17-37)15-22(33)29-30(39)36(24-9-3-2-8-23(24)34-29)28-16-27-32(28)11-5-10-26(32)35(27)20-13-18-6-4-7-19(12-18)14-20/h2-3,8-9,18-21,25-28,33,37-38H,4-7,10-17H2,1H3. The fourth-order valence-electron chi connectivity index (χ4n) is 9.91. The van der Waals surface area contributed by atoms with Crippen LogP contribution in [0.25, 0.3) is 11.0 Å². The van der Waals surface area contributed by atoms with E-state index in [1.54, 1.807) is 0 Å². The molecule has 1 aromatic carbocycles. The third-order valence-corrected chi connectivity index (χ3v) is 11.6. The molecule has 0 amide bonds. The second-order valence-corrected chi connectivity index (χ2v) is 13.4. The molecule has 1 aliphatic heterocycles. The number of para-hydroxylation sites is 2. The maximum atomic E-state index is 14.2. The maximum absolute atomic E-state index is 14.2. The van der Waals surface area contributed by atoms with Crippen LogP contribution in [0.15, 0.2) is 29.1 Å². The van der Waals surface area contributed by atoms with E-state index in [0.717, 1.165) is 30.2 Å². The molecule has 2 aromatic rings. The fourth-order valence-corrected chi connectivity index (χ4v) is 9.91. The summed E-state index contributed by atoms with van der Waals surface area (Å²) in [5.41, 5.74) is 1.12. The van der Waals surface area contributed by atoms with Gasteiger partial charge in [-0.15, -0.1) is 0 Å². The number of ether oxygens (including phenoxy) is 1. The van der Waals surface area contributed by atoms with Crippen molar-refractivity contribution >= 4 is 22.7 Å². The van der Waals surface area contributed by atoms with Crippen molar-refractivity contribution in [3.63, 3.8) is 0 Å². The Hall–Kier alpha value is -2.62. The second-order valence-electron chi connectivity index (χ2n) is 13.4. The van der Waals surface area contributed by atoms with Crippen LogP contribution < -0.4 is 5.56 Å². The second kappa shape index (κ2) is 10.3. The van der Waals surface area contributed by atoms with Gasteiger partial charge in [0.15, 0.2) is 0 Å². The Labute approximate surface area is 240 Å². The molecule has 9 heteroatoms. The number of rotatable bonds is 8. The molecule has 4 aliphatic carbocycles. The van der Waals surface area contributed by atoms with Crippen molar-refractivity contribution in [1.82, 2.24) is 14.5 Å². The van der Waals surface area contributed by atoms with Gasteiger partial charge in [0, 0.05) is 36.0 Å². The molecule has 1 spiro atoms. The zero-order valence-electron chi connectivity index (χ0n) is 23.9. The van der Waals surface area contributed by atoms with Gasteiger partial charge in [0.05, 0.1) is 42.5 Å². The number of hydrogen-bond acceptors (Lipinski definition) is 8. The molecule has 220 valence electrons. The van der Waals surface area contributed by atoms with Gasteiger partial charge in [-0.3, -0.25) is 14.5 Å². The van der Waals surface area contributed by atoms with Gasteiger partial charge in [-0.1, -0.05) is 37.8 Å². The summed E-state index contributed by atoms with van der Waals surface area (Å²) in [6.07, 6.45) is 11.1. The number of nitrogens with one attached hydrogen (secondary N) is 1. The number of nitrogens with zero attached hydrogens (tertiary/aromatic N) is 3. The van der Waals surface area contributed by atoms with Crippen LogP contribution in [-0.4, -0.2) is 74.3 Å². The molecule has 1 saturated heterocycles. The SMILES string of the molecule is COC(=O)C(CC(=N)c1nc2ccccc2n(C2CC3N(C4CC5CCCC(C5)C4)C4CCCC432)c1=O)C(O)CO. The number of carbonyl (C=O) groups excluding carboxylic acids is 1. The van der Waals surface area contributed by atoms with E-state index < -0.39 is 24.6 Å². The predicted octanol–water partition coefficient (Wildman–Crippen LogP) is 3.43. The summed E-state index contributed by atoms with van der Waals surface area (Å²) >= 11 is 0. The summed E-state index contributed by atoms with van der Waals surface area (Å²) in [4.78, 5) is 34.0. The quantitative estimate of drug-likeness (QED) is 0.332. The fraction of sp³-hybridized carbons (Fsp3) is 0.688. The van der Waals surface area contributed by atoms with Crippen LogP contribution in [-0.2, 0) is 9.53 Å². The van der Waals surface area contributed by atoms with Crippen LogP contribution in [0.4, 0.5) is 0 Å². The summed E-state index contributed by atoms with van der Waals surface area (Å²) in [5, 5.41) is 28.5. The molecule has 8 atom stereocenters. The van der Waals surface area contributed by atoms with Crippen LogP contribution in [0.1, 0.15) is 82.4 Å². The number of aliphatic hydroxyl groups excluding tert-OH is 2. The molecule has 4 saturated carbocycles. The van der Waals surface area contributed by atoms with Crippen molar-refractivity contribution in [2.45, 2.75) is 101 Å². The van der Waals surface area contributed by atoms with Gasteiger partial charge in [-0.25, -0.2) is 4.98 Å². The molecule has 3 N–H and O–H groups in total. The molecule has 41 heavy (non-hydrogen) atoms. The number of hydrogen-bond donors (Lipinski definition) is 3. The first-order chi connectivity index (χ1) is 19.9. The lowest BCUT2D eigenvalue weighted by Gasteiger charge is -2.74. The summed E-state index contributed by atoms with van der Waals surface area (Å²) in [7, 11) is 1.20. The van der Waals surface area contributed by atoms with Crippen LogP contribution in [0.2, 0.25) is 0 Å². The number of carbonyl (C=O) groups is 1. The van der Waals surface area contributed by atoms with Crippen molar-refractivity contribution < 1.29 is 19.7 Å². The lowest BCUT2D eigenvalue weighted by Crippen LogP contribution is -2.81. The topological polar surface area (TPSA) is 129 Å². The largest absolute Gasteiger partial charge is 0.469 e. The highest BCUT2D eigenvalue weighted by Gasteiger charge is 2.74. The minimum Gasteiger partial charge on any atom is -0.469 e. The van der Waals surface area contributed by atoms with E-state index in [-0.39, 0.29) is 34.8 Å². The van der Waals surface area contributed by atoms with Gasteiger partial charge in [-0.2, -0.15) is 0 Å². The molecule has 2 bridgehead atoms. The number of aliphatic hydroxyl groups is 2. The maximum Gasteiger partial charge on any atom is 0.311 e. The number of esters is 1. The number of aromatic nitrogens is 2. The number of fused-ring (bicyclic) bond motifs is 3. The first kappa shape index (κ1) is 27.2. The van der Waals surface area contributed by atoms with E-state index in [0.29, 0.717) is 23.6 Å². The van der Waals surface area contributed by atoms with Crippen LogP contribution in [0, 0.1) is 28.6 Å². The first-order valence-corrected chi connectivity index (χ1v) is 15.6. The van der Waals surface area contributed by atoms with Gasteiger partial charge in [0.2, 0.25) is 0 Å². The summed E-state index contributed by atoms with van der Waals surface area (Å²) in [6.45, 7) is -0.644. The first-order valence-electron chi connectivity index (χ1n) is 15.6. The number of methoxy groups -OCH3 is 1. The van der Waals surface area contributed by atoms with E-state index in [4.69, 9.17) is 10.1 Å². The molecule has 5 aliphatic rings. The molecule has 5 fully saturated rings. The highest BCUT2D eigenvalue weighted by Crippen LogP contribution is 2.71. The van der Waals surface area contributed by atoms with Crippen LogP contribution in [0.5, 0.6) is 0 Å². The van der Waals surface area contributed by atoms with E-state index >= 15 is 0 Å². The Morgan fingerprint density at radius 1 is 1.10 bits per heavy atom. The zero-order valence-corrected chi connectivity index (χ0v) is 23.9. The molecule has 2 heterocycles. The lowest BCUT2D eigenvalue weighted by atomic mass is 9.49. The van der Waals surface area contributed by atoms with E-state index in [2.05, 4.69) is 9.88 Å². The van der Waals surface area contributed by atoms with Crippen molar-refractivity contribution in [1.29, 1.82) is 5.41 Å². The number of piperidine rings is 1. The van der Waals surface area contributed by atoms with Crippen molar-refractivity contribution in [3.8, 4) is 0 Å². The van der Waals surface area contributed by atoms with Gasteiger partial charge in [0.25, 0.3) is 5.56 Å². The van der Waals surface area contributed by atoms with Gasteiger partial charge >= 0.3 is 5.97 Å². The molecular formula is C32H42N4O5. The Balaban J connectivity index is 1.22. The highest BCUT2D eigenvalue weighted by atomic mass is 16.5. The molecular weight excluding hydrogens is 520 g/mol. The van der Waals surface area contributed by atoms with Crippen LogP contribution in [0.3, 0.4) is 0 Å². The molecule has 1 aromatic heterocycles. The minimum atomic E-state index is -1.39. The normalized spacial score (nSPS) is 35.5. The van der Waals surface area contributed by atoms with E-state index in [1.165, 1.54) is 58.5 Å².